The number of anilines is 2. The lowest BCUT2D eigenvalue weighted by atomic mass is 10.4. The van der Waals surface area contributed by atoms with Crippen molar-refractivity contribution in [3.63, 3.8) is 0 Å². The number of carbonyl (C=O) groups excluding carboxylic acids is 1. The highest BCUT2D eigenvalue weighted by molar-refractivity contribution is 7.18. The number of nitrogen functional groups attached to an aromatic ring is 1. The van der Waals surface area contributed by atoms with Gasteiger partial charge in [-0.1, -0.05) is 23.4 Å². The van der Waals surface area contributed by atoms with E-state index >= 15 is 0 Å². The zero-order valence-electron chi connectivity index (χ0n) is 12.0. The first-order valence-corrected chi connectivity index (χ1v) is 7.44. The fourth-order valence-corrected chi connectivity index (χ4v) is 2.64. The zero-order valence-corrected chi connectivity index (χ0v) is 12.8. The molecule has 0 aliphatic carbocycles. The Morgan fingerprint density at radius 3 is 3.05 bits per heavy atom. The maximum absolute atomic E-state index is 12.1. The predicted molar refractivity (Wildman–Crippen MR) is 80.4 cm³/mol. The number of hydrogen-bond donors (Lipinski definition) is 2. The summed E-state index contributed by atoms with van der Waals surface area (Å²) < 4.78 is 4.85. The first-order chi connectivity index (χ1) is 10.1. The lowest BCUT2D eigenvalue weighted by molar-refractivity contribution is 0.0958. The highest BCUT2D eigenvalue weighted by Gasteiger charge is 2.17. The van der Waals surface area contributed by atoms with Crippen LogP contribution < -0.4 is 16.0 Å². The third-order valence-corrected chi connectivity index (χ3v) is 3.95. The molecule has 0 saturated carbocycles. The molecule has 0 saturated heterocycles. The number of rotatable bonds is 7. The lowest BCUT2D eigenvalue weighted by Crippen LogP contribution is -2.25. The van der Waals surface area contributed by atoms with Crippen molar-refractivity contribution in [2.75, 3.05) is 30.8 Å². The Kier molecular flexibility index (Phi) is 5.09. The number of carbonyl (C=O) groups is 1. The van der Waals surface area contributed by atoms with E-state index in [1.807, 2.05) is 11.9 Å². The predicted octanol–water partition coefficient (Wildman–Crippen LogP) is 0.927. The maximum Gasteiger partial charge on any atom is 0.265 e. The standard InChI is InChI=1S/C12H18N6O2S/c1-3-6-18(2)12-17-10(13)9(21-12)11(19)14-5-4-8-15-7-16-20-8/h7H,3-6,13H2,1-2H3,(H,14,19). The van der Waals surface area contributed by atoms with Gasteiger partial charge in [-0.25, -0.2) is 4.98 Å². The number of aromatic nitrogens is 3. The molecule has 2 heterocycles. The highest BCUT2D eigenvalue weighted by Crippen LogP contribution is 2.27. The summed E-state index contributed by atoms with van der Waals surface area (Å²) in [7, 11) is 1.93. The van der Waals surface area contributed by atoms with Crippen LogP contribution in [0.2, 0.25) is 0 Å². The first kappa shape index (κ1) is 15.2. The molecule has 2 rings (SSSR count). The second-order valence-electron chi connectivity index (χ2n) is 4.47. The van der Waals surface area contributed by atoms with Gasteiger partial charge < -0.3 is 20.5 Å². The normalized spacial score (nSPS) is 10.6. The minimum atomic E-state index is -0.235. The van der Waals surface area contributed by atoms with E-state index in [2.05, 4.69) is 27.4 Å². The van der Waals surface area contributed by atoms with Gasteiger partial charge in [0, 0.05) is 26.6 Å². The van der Waals surface area contributed by atoms with Crippen LogP contribution in [0.4, 0.5) is 10.9 Å². The Morgan fingerprint density at radius 2 is 2.38 bits per heavy atom. The number of thiazole rings is 1. The van der Waals surface area contributed by atoms with Crippen LogP contribution in [0.15, 0.2) is 10.9 Å². The van der Waals surface area contributed by atoms with Gasteiger partial charge in [-0.15, -0.1) is 0 Å². The van der Waals surface area contributed by atoms with Gasteiger partial charge in [0.25, 0.3) is 5.91 Å². The highest BCUT2D eigenvalue weighted by atomic mass is 32.1. The minimum absolute atomic E-state index is 0.235. The summed E-state index contributed by atoms with van der Waals surface area (Å²) in [5, 5.41) is 7.01. The molecule has 0 bridgehead atoms. The van der Waals surface area contributed by atoms with Crippen LogP contribution in [0.1, 0.15) is 28.9 Å². The van der Waals surface area contributed by atoms with E-state index in [9.17, 15) is 4.79 Å². The summed E-state index contributed by atoms with van der Waals surface area (Å²) in [5.41, 5.74) is 5.81. The third-order valence-electron chi connectivity index (χ3n) is 2.77. The molecule has 114 valence electrons. The molecule has 2 aromatic heterocycles. The van der Waals surface area contributed by atoms with Gasteiger partial charge in [-0.2, -0.15) is 4.98 Å². The van der Waals surface area contributed by atoms with Crippen molar-refractivity contribution in [2.24, 2.45) is 0 Å². The van der Waals surface area contributed by atoms with Crippen molar-refractivity contribution in [3.8, 4) is 0 Å². The quantitative estimate of drug-likeness (QED) is 0.782. The van der Waals surface area contributed by atoms with E-state index in [1.54, 1.807) is 0 Å². The van der Waals surface area contributed by atoms with Gasteiger partial charge >= 0.3 is 0 Å². The molecule has 0 radical (unpaired) electrons. The van der Waals surface area contributed by atoms with Gasteiger partial charge in [0.05, 0.1) is 0 Å². The van der Waals surface area contributed by atoms with Crippen molar-refractivity contribution < 1.29 is 9.32 Å². The molecule has 1 amide bonds. The molecular weight excluding hydrogens is 292 g/mol. The molecule has 0 spiro atoms. The van der Waals surface area contributed by atoms with Crippen LogP contribution in [0.25, 0.3) is 0 Å². The van der Waals surface area contributed by atoms with Crippen LogP contribution >= 0.6 is 11.3 Å². The molecule has 3 N–H and O–H groups in total. The molecule has 0 unspecified atom stereocenters. The number of hydrogen-bond acceptors (Lipinski definition) is 8. The summed E-state index contributed by atoms with van der Waals surface area (Å²) in [5.74, 6) is 0.504. The van der Waals surface area contributed by atoms with Gasteiger partial charge in [0.2, 0.25) is 5.89 Å². The largest absolute Gasteiger partial charge is 0.382 e. The van der Waals surface area contributed by atoms with Crippen LogP contribution in [0.3, 0.4) is 0 Å². The monoisotopic (exact) mass is 310 g/mol. The molecule has 21 heavy (non-hydrogen) atoms. The summed E-state index contributed by atoms with van der Waals surface area (Å²) >= 11 is 1.29. The van der Waals surface area contributed by atoms with Crippen molar-refractivity contribution in [1.29, 1.82) is 0 Å². The van der Waals surface area contributed by atoms with Crippen LogP contribution in [-0.2, 0) is 6.42 Å². The van der Waals surface area contributed by atoms with Gasteiger partial charge in [-0.05, 0) is 6.42 Å². The van der Waals surface area contributed by atoms with E-state index in [-0.39, 0.29) is 11.7 Å². The molecule has 0 aliphatic rings. The SMILES string of the molecule is CCCN(C)c1nc(N)c(C(=O)NCCc2ncno2)s1. The Bertz CT molecular complexity index is 583. The summed E-state index contributed by atoms with van der Waals surface area (Å²) in [6.07, 6.45) is 2.81. The van der Waals surface area contributed by atoms with E-state index in [1.165, 1.54) is 17.7 Å². The van der Waals surface area contributed by atoms with Crippen molar-refractivity contribution in [2.45, 2.75) is 19.8 Å². The molecular formula is C12H18N6O2S. The Hall–Kier alpha value is -2.16. The van der Waals surface area contributed by atoms with E-state index in [0.717, 1.165) is 18.1 Å². The number of amides is 1. The molecule has 0 aliphatic heterocycles. The van der Waals surface area contributed by atoms with Gasteiger partial charge in [-0.3, -0.25) is 4.79 Å². The number of nitrogens with one attached hydrogen (secondary N) is 1. The smallest absolute Gasteiger partial charge is 0.265 e. The maximum atomic E-state index is 12.1. The van der Waals surface area contributed by atoms with Crippen molar-refractivity contribution >= 4 is 28.2 Å². The molecule has 2 aromatic rings. The fourth-order valence-electron chi connectivity index (χ4n) is 1.75. The van der Waals surface area contributed by atoms with E-state index in [0.29, 0.717) is 23.7 Å². The van der Waals surface area contributed by atoms with E-state index < -0.39 is 0 Å². The van der Waals surface area contributed by atoms with Crippen molar-refractivity contribution in [1.82, 2.24) is 20.4 Å². The minimum Gasteiger partial charge on any atom is -0.382 e. The first-order valence-electron chi connectivity index (χ1n) is 6.63. The number of nitrogens with two attached hydrogens (primary N) is 1. The van der Waals surface area contributed by atoms with Crippen molar-refractivity contribution in [3.05, 3.63) is 17.1 Å². The second kappa shape index (κ2) is 7.02. The van der Waals surface area contributed by atoms with Crippen LogP contribution in [-0.4, -0.2) is 41.2 Å². The molecule has 0 atom stereocenters. The third kappa shape index (κ3) is 3.91. The number of nitrogens with zero attached hydrogens (tertiary/aromatic N) is 4. The Morgan fingerprint density at radius 1 is 1.57 bits per heavy atom. The van der Waals surface area contributed by atoms with Crippen LogP contribution in [0.5, 0.6) is 0 Å². The average molecular weight is 310 g/mol. The topological polar surface area (TPSA) is 110 Å². The zero-order chi connectivity index (χ0) is 15.2. The Labute approximate surface area is 126 Å². The summed E-state index contributed by atoms with van der Waals surface area (Å²) in [4.78, 5) is 22.6. The van der Waals surface area contributed by atoms with Gasteiger partial charge in [0.1, 0.15) is 10.7 Å². The average Bonchev–Trinajstić information content (AvgIpc) is 3.08. The molecule has 0 aromatic carbocycles. The molecule has 8 nitrogen and oxygen atoms in total. The van der Waals surface area contributed by atoms with Crippen LogP contribution in [0, 0.1) is 0 Å². The summed E-state index contributed by atoms with van der Waals surface area (Å²) in [6, 6.07) is 0. The van der Waals surface area contributed by atoms with E-state index in [4.69, 9.17) is 10.3 Å². The fraction of sp³-hybridized carbons (Fsp3) is 0.500. The molecule has 9 heteroatoms. The van der Waals surface area contributed by atoms with Gasteiger partial charge in [0.15, 0.2) is 11.5 Å². The summed E-state index contributed by atoms with van der Waals surface area (Å²) in [6.45, 7) is 3.35. The molecule has 0 fully saturated rings. The lowest BCUT2D eigenvalue weighted by Gasteiger charge is -2.13. The Balaban J connectivity index is 1.92. The second-order valence-corrected chi connectivity index (χ2v) is 5.45.